The first-order chi connectivity index (χ1) is 12.2. The number of carbonyl (C=O) groups excluding carboxylic acids is 1. The molecular formula is C19H30ClN3O3. The molecule has 0 atom stereocenters. The minimum Gasteiger partial charge on any atom is -0.495 e. The monoisotopic (exact) mass is 383 g/mol. The maximum absolute atomic E-state index is 11.6. The molecule has 0 unspecified atom stereocenters. The topological polar surface area (TPSA) is 85.9 Å². The number of rotatable bonds is 9. The van der Waals surface area contributed by atoms with Crippen LogP contribution in [0.3, 0.4) is 0 Å². The largest absolute Gasteiger partial charge is 0.495 e. The molecule has 0 saturated heterocycles. The van der Waals surface area contributed by atoms with Crippen LogP contribution in [0.25, 0.3) is 0 Å². The van der Waals surface area contributed by atoms with Crippen molar-refractivity contribution in [3.63, 3.8) is 0 Å². The van der Waals surface area contributed by atoms with Gasteiger partial charge in [-0.05, 0) is 51.8 Å². The van der Waals surface area contributed by atoms with E-state index in [-0.39, 0.29) is 5.97 Å². The molecule has 0 aliphatic carbocycles. The SMILES string of the molecule is COc1ccc(NC(N)=NCCCCCCC(=O)OC(C)(C)C)cc1Cl. The number of aliphatic imine (C=N–C) groups is 1. The lowest BCUT2D eigenvalue weighted by Crippen LogP contribution is -2.23. The summed E-state index contributed by atoms with van der Waals surface area (Å²) in [7, 11) is 1.57. The second-order valence-electron chi connectivity index (χ2n) is 6.99. The van der Waals surface area contributed by atoms with Crippen molar-refractivity contribution >= 4 is 29.2 Å². The molecule has 0 aliphatic rings. The summed E-state index contributed by atoms with van der Waals surface area (Å²) < 4.78 is 10.4. The van der Waals surface area contributed by atoms with Gasteiger partial charge in [-0.15, -0.1) is 0 Å². The maximum atomic E-state index is 11.6. The zero-order chi connectivity index (χ0) is 19.6. The average Bonchev–Trinajstić information content (AvgIpc) is 2.52. The molecular weight excluding hydrogens is 354 g/mol. The van der Waals surface area contributed by atoms with Crippen molar-refractivity contribution in [2.45, 2.75) is 58.5 Å². The predicted molar refractivity (Wildman–Crippen MR) is 107 cm³/mol. The van der Waals surface area contributed by atoms with Crippen LogP contribution in [0.4, 0.5) is 5.69 Å². The number of unbranched alkanes of at least 4 members (excludes halogenated alkanes) is 3. The van der Waals surface area contributed by atoms with E-state index in [2.05, 4.69) is 10.3 Å². The number of nitrogens with one attached hydrogen (secondary N) is 1. The standard InChI is InChI=1S/C19H30ClN3O3/c1-19(2,3)26-17(24)9-7-5-6-8-12-22-18(21)23-14-10-11-16(25-4)15(20)13-14/h10-11,13H,5-9,12H2,1-4H3,(H3,21,22,23). The van der Waals surface area contributed by atoms with Crippen LogP contribution < -0.4 is 15.8 Å². The number of nitrogens with two attached hydrogens (primary N) is 1. The number of ether oxygens (including phenoxy) is 2. The highest BCUT2D eigenvalue weighted by atomic mass is 35.5. The Balaban J connectivity index is 2.20. The second kappa shape index (κ2) is 10.9. The number of hydrogen-bond acceptors (Lipinski definition) is 4. The average molecular weight is 384 g/mol. The molecule has 0 spiro atoms. The summed E-state index contributed by atoms with van der Waals surface area (Å²) in [6, 6.07) is 5.33. The van der Waals surface area contributed by atoms with E-state index in [0.29, 0.717) is 29.7 Å². The third kappa shape index (κ3) is 9.51. The molecule has 0 bridgehead atoms. The second-order valence-corrected chi connectivity index (χ2v) is 7.40. The number of nitrogens with zero attached hydrogens (tertiary/aromatic N) is 1. The van der Waals surface area contributed by atoms with Gasteiger partial charge in [0.2, 0.25) is 0 Å². The Bertz CT molecular complexity index is 613. The zero-order valence-corrected chi connectivity index (χ0v) is 16.9. The van der Waals surface area contributed by atoms with E-state index in [9.17, 15) is 4.79 Å². The van der Waals surface area contributed by atoms with Gasteiger partial charge in [-0.1, -0.05) is 24.4 Å². The Morgan fingerprint density at radius 3 is 2.54 bits per heavy atom. The predicted octanol–water partition coefficient (Wildman–Crippen LogP) is 4.37. The first kappa shape index (κ1) is 22.1. The molecule has 146 valence electrons. The minimum atomic E-state index is -0.412. The van der Waals surface area contributed by atoms with Gasteiger partial charge in [0.15, 0.2) is 5.96 Å². The Morgan fingerprint density at radius 1 is 1.23 bits per heavy atom. The molecule has 0 amide bonds. The lowest BCUT2D eigenvalue weighted by Gasteiger charge is -2.19. The molecule has 0 aromatic heterocycles. The molecule has 0 radical (unpaired) electrons. The molecule has 3 N–H and O–H groups in total. The van der Waals surface area contributed by atoms with E-state index in [1.807, 2.05) is 26.8 Å². The molecule has 0 aliphatic heterocycles. The third-order valence-electron chi connectivity index (χ3n) is 3.42. The van der Waals surface area contributed by atoms with Crippen LogP contribution >= 0.6 is 11.6 Å². The van der Waals surface area contributed by atoms with Gasteiger partial charge in [0.1, 0.15) is 11.4 Å². The fourth-order valence-electron chi connectivity index (χ4n) is 2.26. The summed E-state index contributed by atoms with van der Waals surface area (Å²) in [6.07, 6.45) is 4.17. The van der Waals surface area contributed by atoms with E-state index in [1.54, 1.807) is 19.2 Å². The van der Waals surface area contributed by atoms with Gasteiger partial charge in [0, 0.05) is 18.7 Å². The molecule has 0 fully saturated rings. The van der Waals surface area contributed by atoms with Gasteiger partial charge in [0.05, 0.1) is 12.1 Å². The van der Waals surface area contributed by atoms with Crippen molar-refractivity contribution < 1.29 is 14.3 Å². The van der Waals surface area contributed by atoms with Gasteiger partial charge >= 0.3 is 5.97 Å². The highest BCUT2D eigenvalue weighted by Crippen LogP contribution is 2.27. The number of halogens is 1. The molecule has 1 rings (SSSR count). The normalized spacial score (nSPS) is 12.0. The fourth-order valence-corrected chi connectivity index (χ4v) is 2.52. The third-order valence-corrected chi connectivity index (χ3v) is 3.71. The summed E-state index contributed by atoms with van der Waals surface area (Å²) in [6.45, 7) is 6.26. The summed E-state index contributed by atoms with van der Waals surface area (Å²) in [5, 5.41) is 3.51. The zero-order valence-electron chi connectivity index (χ0n) is 16.1. The van der Waals surface area contributed by atoms with E-state index in [4.69, 9.17) is 26.8 Å². The molecule has 7 heteroatoms. The Hall–Kier alpha value is -1.95. The maximum Gasteiger partial charge on any atom is 0.306 e. The van der Waals surface area contributed by atoms with Crippen LogP contribution in [0, 0.1) is 0 Å². The van der Waals surface area contributed by atoms with Gasteiger partial charge in [-0.3, -0.25) is 9.79 Å². The van der Waals surface area contributed by atoms with E-state index in [0.717, 1.165) is 31.4 Å². The number of anilines is 1. The van der Waals surface area contributed by atoms with Crippen LogP contribution in [0.2, 0.25) is 5.02 Å². The quantitative estimate of drug-likeness (QED) is 0.286. The van der Waals surface area contributed by atoms with Crippen molar-refractivity contribution in [2.75, 3.05) is 19.0 Å². The van der Waals surface area contributed by atoms with Crippen LogP contribution in [-0.4, -0.2) is 31.2 Å². The van der Waals surface area contributed by atoms with Gasteiger partial charge in [0.25, 0.3) is 0 Å². The van der Waals surface area contributed by atoms with Crippen LogP contribution in [0.5, 0.6) is 5.75 Å². The number of methoxy groups -OCH3 is 1. The van der Waals surface area contributed by atoms with E-state index >= 15 is 0 Å². The van der Waals surface area contributed by atoms with Gasteiger partial charge in [-0.2, -0.15) is 0 Å². The molecule has 26 heavy (non-hydrogen) atoms. The van der Waals surface area contributed by atoms with Crippen LogP contribution in [0.15, 0.2) is 23.2 Å². The number of esters is 1. The van der Waals surface area contributed by atoms with Crippen molar-refractivity contribution in [3.05, 3.63) is 23.2 Å². The van der Waals surface area contributed by atoms with E-state index < -0.39 is 5.60 Å². The number of hydrogen-bond donors (Lipinski definition) is 2. The summed E-state index contributed by atoms with van der Waals surface area (Å²) in [5.41, 5.74) is 6.22. The summed E-state index contributed by atoms with van der Waals surface area (Å²) in [5.74, 6) is 0.821. The summed E-state index contributed by atoms with van der Waals surface area (Å²) >= 11 is 6.07. The Kier molecular flexibility index (Phi) is 9.27. The van der Waals surface area contributed by atoms with Gasteiger partial charge < -0.3 is 20.5 Å². The lowest BCUT2D eigenvalue weighted by atomic mass is 10.1. The molecule has 6 nitrogen and oxygen atoms in total. The van der Waals surface area contributed by atoms with E-state index in [1.165, 1.54) is 0 Å². The molecule has 1 aromatic carbocycles. The van der Waals surface area contributed by atoms with Crippen LogP contribution in [0.1, 0.15) is 52.9 Å². The lowest BCUT2D eigenvalue weighted by molar-refractivity contribution is -0.154. The first-order valence-corrected chi connectivity index (χ1v) is 9.21. The van der Waals surface area contributed by atoms with Crippen molar-refractivity contribution in [1.82, 2.24) is 0 Å². The fraction of sp³-hybridized carbons (Fsp3) is 0.579. The number of carbonyl (C=O) groups is 1. The highest BCUT2D eigenvalue weighted by molar-refractivity contribution is 6.32. The van der Waals surface area contributed by atoms with Crippen molar-refractivity contribution in [1.29, 1.82) is 0 Å². The first-order valence-electron chi connectivity index (χ1n) is 8.83. The molecule has 0 saturated carbocycles. The number of guanidine groups is 1. The molecule has 0 heterocycles. The highest BCUT2D eigenvalue weighted by Gasteiger charge is 2.15. The Labute approximate surface area is 161 Å². The summed E-state index contributed by atoms with van der Waals surface area (Å²) in [4.78, 5) is 15.9. The van der Waals surface area contributed by atoms with Crippen molar-refractivity contribution in [3.8, 4) is 5.75 Å². The van der Waals surface area contributed by atoms with Gasteiger partial charge in [-0.25, -0.2) is 0 Å². The van der Waals surface area contributed by atoms with Crippen LogP contribution in [-0.2, 0) is 9.53 Å². The van der Waals surface area contributed by atoms with Crippen molar-refractivity contribution in [2.24, 2.45) is 10.7 Å². The minimum absolute atomic E-state index is 0.137. The molecule has 1 aromatic rings. The smallest absolute Gasteiger partial charge is 0.306 e. The Morgan fingerprint density at radius 2 is 1.92 bits per heavy atom. The number of benzene rings is 1.